The van der Waals surface area contributed by atoms with Crippen molar-refractivity contribution in [2.75, 3.05) is 5.32 Å². The molecule has 0 bridgehead atoms. The summed E-state index contributed by atoms with van der Waals surface area (Å²) < 4.78 is 1.76. The lowest BCUT2D eigenvalue weighted by Gasteiger charge is -2.29. The van der Waals surface area contributed by atoms with Gasteiger partial charge in [0.1, 0.15) is 0 Å². The molecule has 2 aromatic carbocycles. The van der Waals surface area contributed by atoms with Crippen LogP contribution < -0.4 is 10.6 Å². The van der Waals surface area contributed by atoms with Gasteiger partial charge in [0.15, 0.2) is 0 Å². The van der Waals surface area contributed by atoms with Gasteiger partial charge in [0.25, 0.3) is 0 Å². The minimum absolute atomic E-state index is 0.0340. The summed E-state index contributed by atoms with van der Waals surface area (Å²) in [7, 11) is 0. The van der Waals surface area contributed by atoms with Gasteiger partial charge in [0.05, 0.1) is 11.7 Å². The van der Waals surface area contributed by atoms with E-state index in [1.807, 2.05) is 26.0 Å². The number of nitrogens with one attached hydrogen (secondary N) is 2. The van der Waals surface area contributed by atoms with Crippen molar-refractivity contribution in [2.24, 2.45) is 0 Å². The number of halogens is 2. The molecule has 0 saturated heterocycles. The van der Waals surface area contributed by atoms with Crippen LogP contribution in [0.2, 0.25) is 0 Å². The normalized spacial score (nSPS) is 15.7. The Morgan fingerprint density at radius 2 is 1.65 bits per heavy atom. The Hall–Kier alpha value is -2.23. The molecule has 31 heavy (non-hydrogen) atoms. The molecule has 0 fully saturated rings. The van der Waals surface area contributed by atoms with Gasteiger partial charge >= 0.3 is 11.9 Å². The first-order chi connectivity index (χ1) is 14.6. The molecular formula is C22H24Br2N2O5. The Morgan fingerprint density at radius 3 is 2.23 bits per heavy atom. The molecule has 1 amide bonds. The monoisotopic (exact) mass is 554 g/mol. The van der Waals surface area contributed by atoms with E-state index >= 15 is 0 Å². The smallest absolute Gasteiger partial charge is 0.414 e. The molecule has 166 valence electrons. The van der Waals surface area contributed by atoms with Gasteiger partial charge in [-0.15, -0.1) is 0 Å². The van der Waals surface area contributed by atoms with Crippen LogP contribution in [0.4, 0.5) is 5.69 Å². The standard InChI is InChI=1S/C20H22Br2N2O.C2H2O4/c1-12-10-16(21)19(17(22)11-12)24-20(25)13(2)23-18-9-5-7-14-6-3-4-8-15(14)18;3-1(4)2(5)6/h3-4,6,8,10-11,13,18,23H,5,7,9H2,1-2H3,(H,24,25);(H,3,4)(H,5,6). The van der Waals surface area contributed by atoms with Crippen LogP contribution >= 0.6 is 31.9 Å². The Balaban J connectivity index is 0.000000501. The lowest BCUT2D eigenvalue weighted by Crippen LogP contribution is -2.41. The molecule has 2 unspecified atom stereocenters. The van der Waals surface area contributed by atoms with E-state index < -0.39 is 11.9 Å². The van der Waals surface area contributed by atoms with Gasteiger partial charge < -0.3 is 15.5 Å². The zero-order valence-corrected chi connectivity index (χ0v) is 20.3. The van der Waals surface area contributed by atoms with Crippen molar-refractivity contribution >= 4 is 55.4 Å². The lowest BCUT2D eigenvalue weighted by molar-refractivity contribution is -0.159. The summed E-state index contributed by atoms with van der Waals surface area (Å²) in [4.78, 5) is 30.9. The zero-order valence-electron chi connectivity index (χ0n) is 17.1. The molecule has 0 aromatic heterocycles. The fourth-order valence-corrected chi connectivity index (χ4v) is 4.97. The van der Waals surface area contributed by atoms with E-state index in [9.17, 15) is 4.79 Å². The molecule has 2 aromatic rings. The predicted molar refractivity (Wildman–Crippen MR) is 125 cm³/mol. The van der Waals surface area contributed by atoms with Crippen molar-refractivity contribution in [1.82, 2.24) is 5.32 Å². The second-order valence-corrected chi connectivity index (χ2v) is 8.94. The van der Waals surface area contributed by atoms with Crippen molar-refractivity contribution in [1.29, 1.82) is 0 Å². The van der Waals surface area contributed by atoms with Gasteiger partial charge in [-0.2, -0.15) is 0 Å². The van der Waals surface area contributed by atoms with Gasteiger partial charge in [-0.3, -0.25) is 10.1 Å². The third-order valence-corrected chi connectivity index (χ3v) is 6.08. The van der Waals surface area contributed by atoms with Crippen LogP contribution in [0.3, 0.4) is 0 Å². The maximum absolute atomic E-state index is 12.7. The fraction of sp³-hybridized carbons (Fsp3) is 0.318. The summed E-state index contributed by atoms with van der Waals surface area (Å²) in [6, 6.07) is 12.5. The Morgan fingerprint density at radius 1 is 1.06 bits per heavy atom. The Labute approximate surface area is 197 Å². The summed E-state index contributed by atoms with van der Waals surface area (Å²) in [5.74, 6) is -3.68. The van der Waals surface area contributed by atoms with Crippen LogP contribution in [0.1, 0.15) is 42.5 Å². The summed E-state index contributed by atoms with van der Waals surface area (Å²) in [6.45, 7) is 3.94. The van der Waals surface area contributed by atoms with Crippen LogP contribution in [0.25, 0.3) is 0 Å². The molecular weight excluding hydrogens is 532 g/mol. The van der Waals surface area contributed by atoms with Crippen LogP contribution in [0, 0.1) is 6.92 Å². The highest BCUT2D eigenvalue weighted by atomic mass is 79.9. The highest BCUT2D eigenvalue weighted by molar-refractivity contribution is 9.11. The van der Waals surface area contributed by atoms with E-state index in [-0.39, 0.29) is 18.0 Å². The number of hydrogen-bond acceptors (Lipinski definition) is 4. The van der Waals surface area contributed by atoms with Crippen LogP contribution in [0.15, 0.2) is 45.3 Å². The Bertz CT molecular complexity index is 945. The van der Waals surface area contributed by atoms with Gasteiger partial charge in [0, 0.05) is 15.0 Å². The molecule has 0 saturated carbocycles. The quantitative estimate of drug-likeness (QED) is 0.407. The molecule has 1 aliphatic carbocycles. The number of carbonyl (C=O) groups is 3. The number of carboxylic acid groups (broad SMARTS) is 2. The molecule has 7 nitrogen and oxygen atoms in total. The van der Waals surface area contributed by atoms with Crippen molar-refractivity contribution in [3.8, 4) is 0 Å². The number of aryl methyl sites for hydroxylation is 2. The number of hydrogen-bond donors (Lipinski definition) is 4. The van der Waals surface area contributed by atoms with Gasteiger partial charge in [-0.25, -0.2) is 9.59 Å². The van der Waals surface area contributed by atoms with E-state index in [0.29, 0.717) is 0 Å². The van der Waals surface area contributed by atoms with E-state index in [2.05, 4.69) is 66.8 Å². The fourth-order valence-electron chi connectivity index (χ4n) is 3.36. The molecule has 9 heteroatoms. The summed E-state index contributed by atoms with van der Waals surface area (Å²) in [5.41, 5.74) is 4.61. The van der Waals surface area contributed by atoms with Crippen molar-refractivity contribution in [2.45, 2.75) is 45.2 Å². The van der Waals surface area contributed by atoms with Crippen molar-refractivity contribution < 1.29 is 24.6 Å². The number of rotatable bonds is 4. The number of amides is 1. The van der Waals surface area contributed by atoms with Crippen molar-refractivity contribution in [3.63, 3.8) is 0 Å². The number of fused-ring (bicyclic) bond motifs is 1. The topological polar surface area (TPSA) is 116 Å². The average molecular weight is 556 g/mol. The molecule has 4 N–H and O–H groups in total. The van der Waals surface area contributed by atoms with Gasteiger partial charge in [-0.1, -0.05) is 24.3 Å². The van der Waals surface area contributed by atoms with E-state index in [0.717, 1.165) is 39.5 Å². The van der Waals surface area contributed by atoms with Gasteiger partial charge in [0.2, 0.25) is 5.91 Å². The second kappa shape index (κ2) is 11.4. The highest BCUT2D eigenvalue weighted by Gasteiger charge is 2.24. The largest absolute Gasteiger partial charge is 0.473 e. The summed E-state index contributed by atoms with van der Waals surface area (Å²) >= 11 is 7.06. The van der Waals surface area contributed by atoms with Gasteiger partial charge in [-0.05, 0) is 93.8 Å². The van der Waals surface area contributed by atoms with Crippen molar-refractivity contribution in [3.05, 3.63) is 62.0 Å². The third-order valence-electron chi connectivity index (χ3n) is 4.83. The number of carbonyl (C=O) groups excluding carboxylic acids is 1. The van der Waals surface area contributed by atoms with E-state index in [1.165, 1.54) is 11.1 Å². The first kappa shape index (κ1) is 25.0. The first-order valence-electron chi connectivity index (χ1n) is 9.66. The number of carboxylic acids is 2. The predicted octanol–water partition coefficient (Wildman–Crippen LogP) is 4.67. The second-order valence-electron chi connectivity index (χ2n) is 7.24. The maximum atomic E-state index is 12.7. The number of anilines is 1. The molecule has 0 radical (unpaired) electrons. The molecule has 2 atom stereocenters. The zero-order chi connectivity index (χ0) is 23.1. The molecule has 0 heterocycles. The first-order valence-corrected chi connectivity index (χ1v) is 11.2. The summed E-state index contributed by atoms with van der Waals surface area (Å²) in [6.07, 6.45) is 3.34. The average Bonchev–Trinajstić information content (AvgIpc) is 2.71. The molecule has 3 rings (SSSR count). The highest BCUT2D eigenvalue weighted by Crippen LogP contribution is 2.33. The lowest BCUT2D eigenvalue weighted by atomic mass is 9.87. The van der Waals surface area contributed by atoms with E-state index in [1.54, 1.807) is 0 Å². The minimum Gasteiger partial charge on any atom is -0.473 e. The molecule has 0 spiro atoms. The van der Waals surface area contributed by atoms with E-state index in [4.69, 9.17) is 19.8 Å². The number of aliphatic carboxylic acids is 2. The van der Waals surface area contributed by atoms with Crippen LogP contribution in [-0.4, -0.2) is 34.1 Å². The molecule has 0 aliphatic heterocycles. The van der Waals surface area contributed by atoms with Crippen LogP contribution in [-0.2, 0) is 20.8 Å². The Kier molecular flexibility index (Phi) is 9.21. The number of benzene rings is 2. The third kappa shape index (κ3) is 7.15. The van der Waals surface area contributed by atoms with Crippen LogP contribution in [0.5, 0.6) is 0 Å². The molecule has 1 aliphatic rings. The summed E-state index contributed by atoms with van der Waals surface area (Å²) in [5, 5.41) is 21.3. The minimum atomic E-state index is -1.82. The maximum Gasteiger partial charge on any atom is 0.414 e. The SMILES string of the molecule is Cc1cc(Br)c(NC(=O)C(C)NC2CCCc3ccccc32)c(Br)c1.O=C(O)C(=O)O.